The molecule has 0 saturated carbocycles. The average Bonchev–Trinajstić information content (AvgIpc) is 2.40. The first-order valence-corrected chi connectivity index (χ1v) is 21.2. The highest BCUT2D eigenvalue weighted by Gasteiger charge is 2.44. The van der Waals surface area contributed by atoms with Crippen molar-refractivity contribution in [2.45, 2.75) is 97.1 Å². The van der Waals surface area contributed by atoms with Crippen LogP contribution in [-0.4, -0.2) is 40.3 Å². The largest absolute Gasteiger partial charge is 0.436 e. The maximum Gasteiger partial charge on any atom is 0.315 e. The molecule has 1 unspecified atom stereocenters. The second kappa shape index (κ2) is 10.1. The fourth-order valence-corrected chi connectivity index (χ4v) is 22.7. The number of unbranched alkanes of at least 4 members (excludes halogenated alkanes) is 1. The summed E-state index contributed by atoms with van der Waals surface area (Å²) < 4.78 is 20.0. The molecule has 0 fully saturated rings. The van der Waals surface area contributed by atoms with Gasteiger partial charge in [0.1, 0.15) is 0 Å². The Kier molecular flexibility index (Phi) is 10.4. The molecular weight excluding hydrogens is 367 g/mol. The van der Waals surface area contributed by atoms with E-state index in [9.17, 15) is 0 Å². The van der Waals surface area contributed by atoms with Gasteiger partial charge in [0.2, 0.25) is 0 Å². The first-order valence-electron chi connectivity index (χ1n) is 9.61. The van der Waals surface area contributed by atoms with E-state index in [0.717, 1.165) is 25.1 Å². The van der Waals surface area contributed by atoms with Gasteiger partial charge in [0.05, 0.1) is 0 Å². The van der Waals surface area contributed by atoms with Gasteiger partial charge in [-0.2, -0.15) is 0 Å². The van der Waals surface area contributed by atoms with Crippen LogP contribution in [0, 0.1) is 0 Å². The SMILES string of the molecule is CCCC[Si](C)(C)O[Si](C)(CC)O[Si](C)(C)O[Si](C)(C)CCCN. The van der Waals surface area contributed by atoms with Crippen LogP contribution < -0.4 is 5.73 Å². The molecule has 8 heteroatoms. The van der Waals surface area contributed by atoms with Gasteiger partial charge in [0.15, 0.2) is 16.6 Å². The normalized spacial score (nSPS) is 16.2. The minimum atomic E-state index is -2.20. The van der Waals surface area contributed by atoms with Crippen LogP contribution in [0.5, 0.6) is 0 Å². The molecule has 0 radical (unpaired) electrons. The van der Waals surface area contributed by atoms with E-state index in [0.29, 0.717) is 0 Å². The van der Waals surface area contributed by atoms with Crippen molar-refractivity contribution >= 4 is 33.8 Å². The van der Waals surface area contributed by atoms with Crippen LogP contribution in [-0.2, 0) is 12.3 Å². The monoisotopic (exact) mass is 409 g/mol. The fourth-order valence-electron chi connectivity index (χ4n) is 3.19. The van der Waals surface area contributed by atoms with Crippen molar-refractivity contribution in [3.63, 3.8) is 0 Å². The molecule has 0 spiro atoms. The Morgan fingerprint density at radius 2 is 1.21 bits per heavy atom. The van der Waals surface area contributed by atoms with Gasteiger partial charge in [-0.1, -0.05) is 26.7 Å². The highest BCUT2D eigenvalue weighted by atomic mass is 28.5. The first-order chi connectivity index (χ1) is 10.8. The maximum absolute atomic E-state index is 6.71. The number of nitrogens with two attached hydrogens (primary N) is 1. The summed E-state index contributed by atoms with van der Waals surface area (Å²) in [5.74, 6) is 0. The van der Waals surface area contributed by atoms with Crippen molar-refractivity contribution in [1.29, 1.82) is 0 Å². The third-order valence-corrected chi connectivity index (χ3v) is 20.4. The predicted octanol–water partition coefficient (Wildman–Crippen LogP) is 5.39. The zero-order valence-corrected chi connectivity index (χ0v) is 21.8. The molecule has 0 aromatic rings. The Morgan fingerprint density at radius 1 is 0.708 bits per heavy atom. The molecule has 0 rings (SSSR count). The quantitative estimate of drug-likeness (QED) is 0.414. The molecule has 0 aromatic heterocycles. The highest BCUT2D eigenvalue weighted by molar-refractivity contribution is 6.89. The standard InChI is InChI=1S/C16H43NO3Si4/c1-10-12-15-22(5,6)19-24(9,11-2)20-23(7,8)18-21(3,4)16-13-14-17/h10-17H2,1-9H3. The average molecular weight is 410 g/mol. The number of hydrogen-bond donors (Lipinski definition) is 1. The molecule has 2 N–H and O–H groups in total. The van der Waals surface area contributed by atoms with Crippen LogP contribution >= 0.6 is 0 Å². The predicted molar refractivity (Wildman–Crippen MR) is 116 cm³/mol. The molecule has 1 atom stereocenters. The lowest BCUT2D eigenvalue weighted by molar-refractivity contribution is 0.321. The summed E-state index contributed by atoms with van der Waals surface area (Å²) in [5.41, 5.74) is 5.67. The summed E-state index contributed by atoms with van der Waals surface area (Å²) in [6.45, 7) is 21.0. The van der Waals surface area contributed by atoms with Gasteiger partial charge in [-0.15, -0.1) is 0 Å². The van der Waals surface area contributed by atoms with E-state index in [1.807, 2.05) is 0 Å². The van der Waals surface area contributed by atoms with Crippen LogP contribution in [0.15, 0.2) is 0 Å². The molecule has 0 aliphatic heterocycles. The van der Waals surface area contributed by atoms with E-state index < -0.39 is 33.8 Å². The van der Waals surface area contributed by atoms with Crippen LogP contribution in [0.4, 0.5) is 0 Å². The summed E-state index contributed by atoms with van der Waals surface area (Å²) in [5, 5.41) is 0. The van der Waals surface area contributed by atoms with E-state index in [-0.39, 0.29) is 0 Å². The molecule has 4 nitrogen and oxygen atoms in total. The Balaban J connectivity index is 4.92. The van der Waals surface area contributed by atoms with Crippen molar-refractivity contribution in [2.75, 3.05) is 6.54 Å². The van der Waals surface area contributed by atoms with Gasteiger partial charge in [-0.05, 0) is 76.9 Å². The number of hydrogen-bond acceptors (Lipinski definition) is 4. The lowest BCUT2D eigenvalue weighted by atomic mass is 10.4. The fraction of sp³-hybridized carbons (Fsp3) is 1.00. The molecule has 0 amide bonds. The van der Waals surface area contributed by atoms with Gasteiger partial charge < -0.3 is 18.1 Å². The molecule has 0 bridgehead atoms. The lowest BCUT2D eigenvalue weighted by Gasteiger charge is -2.42. The second-order valence-electron chi connectivity index (χ2n) is 8.71. The second-order valence-corrected chi connectivity index (χ2v) is 25.0. The smallest absolute Gasteiger partial charge is 0.315 e. The molecule has 0 aliphatic rings. The van der Waals surface area contributed by atoms with Gasteiger partial charge in [0.25, 0.3) is 0 Å². The third-order valence-electron chi connectivity index (χ3n) is 4.23. The van der Waals surface area contributed by atoms with Gasteiger partial charge in [-0.3, -0.25) is 0 Å². The third kappa shape index (κ3) is 10.6. The summed E-state index contributed by atoms with van der Waals surface area (Å²) in [6.07, 6.45) is 3.53. The molecule has 146 valence electrons. The first kappa shape index (κ1) is 24.7. The van der Waals surface area contributed by atoms with E-state index in [1.54, 1.807) is 0 Å². The molecule has 0 aromatic carbocycles. The molecule has 24 heavy (non-hydrogen) atoms. The van der Waals surface area contributed by atoms with Crippen molar-refractivity contribution in [2.24, 2.45) is 5.73 Å². The van der Waals surface area contributed by atoms with Crippen molar-refractivity contribution in [3.05, 3.63) is 0 Å². The summed E-state index contributed by atoms with van der Waals surface area (Å²) in [4.78, 5) is 0. The highest BCUT2D eigenvalue weighted by Crippen LogP contribution is 2.29. The van der Waals surface area contributed by atoms with E-state index in [4.69, 9.17) is 18.1 Å². The minimum Gasteiger partial charge on any atom is -0.436 e. The maximum atomic E-state index is 6.71. The van der Waals surface area contributed by atoms with Gasteiger partial charge in [-0.25, -0.2) is 0 Å². The summed E-state index contributed by atoms with van der Waals surface area (Å²) in [6, 6.07) is 3.31. The minimum absolute atomic E-state index is 0.740. The van der Waals surface area contributed by atoms with E-state index in [1.165, 1.54) is 18.9 Å². The molecule has 0 aliphatic carbocycles. The topological polar surface area (TPSA) is 53.7 Å². The Labute approximate surface area is 155 Å². The van der Waals surface area contributed by atoms with E-state index in [2.05, 4.69) is 59.7 Å². The Bertz CT molecular complexity index is 367. The summed E-state index contributed by atoms with van der Waals surface area (Å²) >= 11 is 0. The van der Waals surface area contributed by atoms with Crippen LogP contribution in [0.25, 0.3) is 0 Å². The summed E-state index contributed by atoms with van der Waals surface area (Å²) in [7, 11) is -7.75. The molecule has 0 saturated heterocycles. The zero-order chi connectivity index (χ0) is 19.1. The molecular formula is C16H43NO3Si4. The van der Waals surface area contributed by atoms with Crippen LogP contribution in [0.1, 0.15) is 33.1 Å². The van der Waals surface area contributed by atoms with Gasteiger partial charge >= 0.3 is 17.1 Å². The van der Waals surface area contributed by atoms with Crippen molar-refractivity contribution in [1.82, 2.24) is 0 Å². The van der Waals surface area contributed by atoms with Crippen molar-refractivity contribution < 1.29 is 12.3 Å². The zero-order valence-electron chi connectivity index (χ0n) is 17.8. The van der Waals surface area contributed by atoms with E-state index >= 15 is 0 Å². The van der Waals surface area contributed by atoms with Crippen LogP contribution in [0.2, 0.25) is 64.0 Å². The Morgan fingerprint density at radius 3 is 1.67 bits per heavy atom. The van der Waals surface area contributed by atoms with Gasteiger partial charge in [0, 0.05) is 0 Å². The van der Waals surface area contributed by atoms with Crippen LogP contribution in [0.3, 0.4) is 0 Å². The lowest BCUT2D eigenvalue weighted by Crippen LogP contribution is -2.57. The molecule has 0 heterocycles. The number of rotatable bonds is 13. The van der Waals surface area contributed by atoms with Crippen molar-refractivity contribution in [3.8, 4) is 0 Å². The Hall–Kier alpha value is 0.708.